The fourth-order valence-electron chi connectivity index (χ4n) is 3.47. The van der Waals surface area contributed by atoms with Gasteiger partial charge in [0, 0.05) is 48.8 Å². The Kier molecular flexibility index (Phi) is 5.35. The predicted molar refractivity (Wildman–Crippen MR) is 117 cm³/mol. The number of rotatable bonds is 4. The monoisotopic (exact) mass is 393 g/mol. The summed E-state index contributed by atoms with van der Waals surface area (Å²) in [7, 11) is 0. The first-order valence-corrected chi connectivity index (χ1v) is 9.90. The molecule has 1 aliphatic rings. The van der Waals surface area contributed by atoms with Gasteiger partial charge in [-0.15, -0.1) is 0 Å². The Morgan fingerprint density at radius 1 is 0.929 bits per heavy atom. The van der Waals surface area contributed by atoms with Crippen LogP contribution < -0.4 is 15.1 Å². The van der Waals surface area contributed by atoms with Gasteiger partial charge in [0.2, 0.25) is 5.95 Å². The summed E-state index contributed by atoms with van der Waals surface area (Å²) in [4.78, 5) is 13.8. The zero-order chi connectivity index (χ0) is 19.5. The highest BCUT2D eigenvalue weighted by molar-refractivity contribution is 6.31. The molecule has 0 unspecified atom stereocenters. The van der Waals surface area contributed by atoms with Gasteiger partial charge in [0.1, 0.15) is 5.82 Å². The topological polar surface area (TPSA) is 44.3 Å². The first-order valence-electron chi connectivity index (χ1n) is 9.52. The van der Waals surface area contributed by atoms with Crippen LogP contribution in [0, 0.1) is 13.8 Å². The molecule has 0 spiro atoms. The second kappa shape index (κ2) is 8.07. The lowest BCUT2D eigenvalue weighted by molar-refractivity contribution is 0.647. The van der Waals surface area contributed by atoms with Crippen molar-refractivity contribution in [3.63, 3.8) is 0 Å². The molecule has 144 valence electrons. The average Bonchev–Trinajstić information content (AvgIpc) is 2.72. The SMILES string of the molecule is Cc1cccc(N2CCN(c3ccnc(Nc4cccc(Cl)c4C)n3)CC2)c1. The third-order valence-corrected chi connectivity index (χ3v) is 5.53. The second-order valence-electron chi connectivity index (χ2n) is 7.09. The van der Waals surface area contributed by atoms with Gasteiger partial charge in [-0.3, -0.25) is 0 Å². The number of nitrogens with zero attached hydrogens (tertiary/aromatic N) is 4. The molecule has 6 heteroatoms. The third-order valence-electron chi connectivity index (χ3n) is 5.13. The van der Waals surface area contributed by atoms with Gasteiger partial charge in [-0.05, 0) is 55.3 Å². The van der Waals surface area contributed by atoms with E-state index in [2.05, 4.69) is 51.3 Å². The number of aromatic nitrogens is 2. The van der Waals surface area contributed by atoms with Crippen LogP contribution in [0.4, 0.5) is 23.1 Å². The zero-order valence-electron chi connectivity index (χ0n) is 16.2. The Hall–Kier alpha value is -2.79. The molecular formula is C22H24ClN5. The van der Waals surface area contributed by atoms with E-state index in [-0.39, 0.29) is 0 Å². The van der Waals surface area contributed by atoms with Gasteiger partial charge in [-0.25, -0.2) is 4.98 Å². The van der Waals surface area contributed by atoms with Crippen molar-refractivity contribution in [1.29, 1.82) is 0 Å². The maximum absolute atomic E-state index is 6.21. The molecule has 1 fully saturated rings. The predicted octanol–water partition coefficient (Wildman–Crippen LogP) is 4.82. The number of hydrogen-bond donors (Lipinski definition) is 1. The largest absolute Gasteiger partial charge is 0.368 e. The molecule has 1 N–H and O–H groups in total. The summed E-state index contributed by atoms with van der Waals surface area (Å²) in [5.41, 5.74) is 4.50. The van der Waals surface area contributed by atoms with E-state index >= 15 is 0 Å². The first-order chi connectivity index (χ1) is 13.6. The average molecular weight is 394 g/mol. The Morgan fingerprint density at radius 2 is 1.68 bits per heavy atom. The minimum atomic E-state index is 0.587. The van der Waals surface area contributed by atoms with Crippen LogP contribution in [0.1, 0.15) is 11.1 Å². The standard InChI is InChI=1S/C22H24ClN5/c1-16-5-3-6-18(15-16)27-11-13-28(14-12-27)21-9-10-24-22(26-21)25-20-8-4-7-19(23)17(20)2/h3-10,15H,11-14H2,1-2H3,(H,24,25,26). The number of nitrogens with one attached hydrogen (secondary N) is 1. The number of benzene rings is 2. The van der Waals surface area contributed by atoms with E-state index in [9.17, 15) is 0 Å². The summed E-state index contributed by atoms with van der Waals surface area (Å²) < 4.78 is 0. The van der Waals surface area contributed by atoms with Crippen molar-refractivity contribution in [3.05, 3.63) is 70.9 Å². The maximum Gasteiger partial charge on any atom is 0.229 e. The Labute approximate surface area is 171 Å². The van der Waals surface area contributed by atoms with Gasteiger partial charge in [-0.1, -0.05) is 29.8 Å². The summed E-state index contributed by atoms with van der Waals surface area (Å²) in [6.45, 7) is 7.93. The summed E-state index contributed by atoms with van der Waals surface area (Å²) in [5, 5.41) is 4.02. The minimum absolute atomic E-state index is 0.587. The maximum atomic E-state index is 6.21. The molecule has 2 aromatic carbocycles. The molecule has 0 amide bonds. The molecular weight excluding hydrogens is 370 g/mol. The van der Waals surface area contributed by atoms with Gasteiger partial charge in [0.25, 0.3) is 0 Å². The molecule has 3 aromatic rings. The van der Waals surface area contributed by atoms with Crippen LogP contribution in [0.25, 0.3) is 0 Å². The molecule has 1 saturated heterocycles. The van der Waals surface area contributed by atoms with E-state index in [0.717, 1.165) is 48.3 Å². The quantitative estimate of drug-likeness (QED) is 0.688. The van der Waals surface area contributed by atoms with Crippen LogP contribution in [0.3, 0.4) is 0 Å². The lowest BCUT2D eigenvalue weighted by Gasteiger charge is -2.36. The molecule has 0 bridgehead atoms. The van der Waals surface area contributed by atoms with Crippen molar-refractivity contribution in [2.24, 2.45) is 0 Å². The fourth-order valence-corrected chi connectivity index (χ4v) is 3.64. The van der Waals surface area contributed by atoms with Gasteiger partial charge in [0.05, 0.1) is 0 Å². The number of anilines is 4. The second-order valence-corrected chi connectivity index (χ2v) is 7.50. The van der Waals surface area contributed by atoms with E-state index in [0.29, 0.717) is 5.95 Å². The molecule has 5 nitrogen and oxygen atoms in total. The van der Waals surface area contributed by atoms with Gasteiger partial charge in [0.15, 0.2) is 0 Å². The van der Waals surface area contributed by atoms with Crippen molar-refractivity contribution >= 4 is 34.7 Å². The highest BCUT2D eigenvalue weighted by Crippen LogP contribution is 2.26. The summed E-state index contributed by atoms with van der Waals surface area (Å²) >= 11 is 6.21. The van der Waals surface area contributed by atoms with Crippen LogP contribution in [-0.2, 0) is 0 Å². The molecule has 0 atom stereocenters. The molecule has 1 aliphatic heterocycles. The van der Waals surface area contributed by atoms with Gasteiger partial charge in [-0.2, -0.15) is 4.98 Å². The number of aryl methyl sites for hydroxylation is 1. The third kappa shape index (κ3) is 4.04. The van der Waals surface area contributed by atoms with E-state index in [1.54, 1.807) is 6.20 Å². The number of hydrogen-bond acceptors (Lipinski definition) is 5. The Bertz CT molecular complexity index is 967. The molecule has 1 aromatic heterocycles. The van der Waals surface area contributed by atoms with E-state index in [4.69, 9.17) is 16.6 Å². The van der Waals surface area contributed by atoms with Crippen LogP contribution in [0.2, 0.25) is 5.02 Å². The lowest BCUT2D eigenvalue weighted by atomic mass is 10.2. The fraction of sp³-hybridized carbons (Fsp3) is 0.273. The normalized spacial score (nSPS) is 14.2. The Morgan fingerprint density at radius 3 is 2.46 bits per heavy atom. The highest BCUT2D eigenvalue weighted by atomic mass is 35.5. The van der Waals surface area contributed by atoms with Crippen molar-refractivity contribution in [3.8, 4) is 0 Å². The van der Waals surface area contributed by atoms with E-state index in [1.807, 2.05) is 31.2 Å². The summed E-state index contributed by atoms with van der Waals surface area (Å²) in [6, 6.07) is 16.4. The first kappa shape index (κ1) is 18.6. The van der Waals surface area contributed by atoms with Crippen LogP contribution in [0.5, 0.6) is 0 Å². The summed E-state index contributed by atoms with van der Waals surface area (Å²) in [5.74, 6) is 1.53. The summed E-state index contributed by atoms with van der Waals surface area (Å²) in [6.07, 6.45) is 1.80. The Balaban J connectivity index is 1.44. The molecule has 0 aliphatic carbocycles. The van der Waals surface area contributed by atoms with Gasteiger partial charge < -0.3 is 15.1 Å². The van der Waals surface area contributed by atoms with Crippen molar-refractivity contribution in [1.82, 2.24) is 9.97 Å². The van der Waals surface area contributed by atoms with Crippen molar-refractivity contribution in [2.75, 3.05) is 41.3 Å². The smallest absolute Gasteiger partial charge is 0.229 e. The highest BCUT2D eigenvalue weighted by Gasteiger charge is 2.19. The van der Waals surface area contributed by atoms with Crippen LogP contribution in [0.15, 0.2) is 54.7 Å². The van der Waals surface area contributed by atoms with Gasteiger partial charge >= 0.3 is 0 Å². The van der Waals surface area contributed by atoms with Crippen LogP contribution >= 0.6 is 11.6 Å². The number of halogens is 1. The minimum Gasteiger partial charge on any atom is -0.368 e. The molecule has 4 rings (SSSR count). The van der Waals surface area contributed by atoms with E-state index in [1.165, 1.54) is 11.3 Å². The molecule has 28 heavy (non-hydrogen) atoms. The number of piperazine rings is 1. The molecule has 0 radical (unpaired) electrons. The zero-order valence-corrected chi connectivity index (χ0v) is 16.9. The molecule has 2 heterocycles. The van der Waals surface area contributed by atoms with Crippen LogP contribution in [-0.4, -0.2) is 36.1 Å². The lowest BCUT2D eigenvalue weighted by Crippen LogP contribution is -2.46. The van der Waals surface area contributed by atoms with E-state index < -0.39 is 0 Å². The van der Waals surface area contributed by atoms with Crippen molar-refractivity contribution < 1.29 is 0 Å². The van der Waals surface area contributed by atoms with Crippen molar-refractivity contribution in [2.45, 2.75) is 13.8 Å². The molecule has 0 saturated carbocycles.